The molecule has 0 bridgehead atoms. The smallest absolute Gasteiger partial charge is 0.0622 e. The molecule has 0 fully saturated rings. The van der Waals surface area contributed by atoms with Crippen LogP contribution >= 0.6 is 0 Å². The third-order valence-corrected chi connectivity index (χ3v) is 3.98. The maximum Gasteiger partial charge on any atom is 0.0622 e. The highest BCUT2D eigenvalue weighted by molar-refractivity contribution is 4.84. The number of rotatable bonds is 10. The van der Waals surface area contributed by atoms with E-state index in [1.165, 1.54) is 25.7 Å². The molecule has 0 aliphatic rings. The largest absolute Gasteiger partial charge is 0.315 e. The van der Waals surface area contributed by atoms with Gasteiger partial charge in [0.15, 0.2) is 0 Å². The molecule has 4 nitrogen and oxygen atoms in total. The van der Waals surface area contributed by atoms with Gasteiger partial charge < -0.3 is 15.5 Å². The predicted molar refractivity (Wildman–Crippen MR) is 85.3 cm³/mol. The molecule has 116 valence electrons. The molecule has 1 atom stereocenters. The Bertz CT molecular complexity index is 212. The molecule has 0 saturated heterocycles. The highest BCUT2D eigenvalue weighted by Gasteiger charge is 2.32. The number of hydrogen-bond acceptors (Lipinski definition) is 4. The minimum absolute atomic E-state index is 0.136. The van der Waals surface area contributed by atoms with Crippen LogP contribution in [0, 0.1) is 5.41 Å². The van der Waals surface area contributed by atoms with Crippen LogP contribution in [0.25, 0.3) is 0 Å². The predicted octanol–water partition coefficient (Wildman–Crippen LogP) is 1.52. The van der Waals surface area contributed by atoms with Crippen LogP contribution < -0.4 is 5.73 Å². The van der Waals surface area contributed by atoms with E-state index in [2.05, 4.69) is 63.9 Å². The first-order valence-electron chi connectivity index (χ1n) is 7.40. The molecule has 4 heteroatoms. The van der Waals surface area contributed by atoms with Gasteiger partial charge in [-0.25, -0.2) is 0 Å². The van der Waals surface area contributed by atoms with E-state index in [1.54, 1.807) is 0 Å². The van der Waals surface area contributed by atoms with E-state index in [0.717, 1.165) is 13.1 Å². The SMILES string of the molecule is CN(C)CCCC(C)(CCCN(C)C)C(N)N(C)C. The second-order valence-corrected chi connectivity index (χ2v) is 6.88. The molecule has 0 aromatic carbocycles. The fourth-order valence-electron chi connectivity index (χ4n) is 2.64. The van der Waals surface area contributed by atoms with E-state index in [-0.39, 0.29) is 11.6 Å². The monoisotopic (exact) mass is 272 g/mol. The van der Waals surface area contributed by atoms with Gasteiger partial charge in [0, 0.05) is 0 Å². The second-order valence-electron chi connectivity index (χ2n) is 6.88. The van der Waals surface area contributed by atoms with Crippen molar-refractivity contribution >= 4 is 0 Å². The Balaban J connectivity index is 4.44. The van der Waals surface area contributed by atoms with E-state index in [9.17, 15) is 0 Å². The van der Waals surface area contributed by atoms with Gasteiger partial charge in [-0.3, -0.25) is 4.90 Å². The average Bonchev–Trinajstić information content (AvgIpc) is 2.26. The first-order valence-corrected chi connectivity index (χ1v) is 7.40. The Labute approximate surface area is 120 Å². The van der Waals surface area contributed by atoms with Crippen molar-refractivity contribution in [1.29, 1.82) is 0 Å². The maximum absolute atomic E-state index is 6.43. The van der Waals surface area contributed by atoms with Crippen LogP contribution in [0.5, 0.6) is 0 Å². The minimum atomic E-state index is 0.136. The minimum Gasteiger partial charge on any atom is -0.315 e. The van der Waals surface area contributed by atoms with Crippen LogP contribution in [0.1, 0.15) is 32.6 Å². The zero-order chi connectivity index (χ0) is 15.1. The standard InChI is InChI=1S/C15H36N4/c1-15(14(16)19(6)7,10-8-12-17(2)3)11-9-13-18(4)5/h14H,8-13,16H2,1-7H3. The lowest BCUT2D eigenvalue weighted by Gasteiger charge is -2.40. The molecule has 19 heavy (non-hydrogen) atoms. The van der Waals surface area contributed by atoms with Gasteiger partial charge in [-0.15, -0.1) is 0 Å². The Morgan fingerprint density at radius 2 is 1.21 bits per heavy atom. The zero-order valence-corrected chi connectivity index (χ0v) is 14.2. The fourth-order valence-corrected chi connectivity index (χ4v) is 2.64. The molecule has 1 unspecified atom stereocenters. The molecule has 0 spiro atoms. The summed E-state index contributed by atoms with van der Waals surface area (Å²) in [6.45, 7) is 4.63. The van der Waals surface area contributed by atoms with Gasteiger partial charge in [0.1, 0.15) is 0 Å². The fraction of sp³-hybridized carbons (Fsp3) is 1.00. The van der Waals surface area contributed by atoms with Crippen LogP contribution in [0.4, 0.5) is 0 Å². The van der Waals surface area contributed by atoms with Crippen molar-refractivity contribution in [3.05, 3.63) is 0 Å². The molecule has 0 heterocycles. The molecular weight excluding hydrogens is 236 g/mol. The molecule has 0 rings (SSSR count). The van der Waals surface area contributed by atoms with E-state index in [1.807, 2.05) is 0 Å². The van der Waals surface area contributed by atoms with E-state index < -0.39 is 0 Å². The summed E-state index contributed by atoms with van der Waals surface area (Å²) < 4.78 is 0. The van der Waals surface area contributed by atoms with Gasteiger partial charge in [0.05, 0.1) is 6.17 Å². The van der Waals surface area contributed by atoms with Crippen molar-refractivity contribution in [2.45, 2.75) is 38.8 Å². The topological polar surface area (TPSA) is 35.7 Å². The summed E-state index contributed by atoms with van der Waals surface area (Å²) in [5.74, 6) is 0. The Kier molecular flexibility index (Phi) is 8.83. The van der Waals surface area contributed by atoms with Crippen molar-refractivity contribution in [3.8, 4) is 0 Å². The van der Waals surface area contributed by atoms with Gasteiger partial charge in [0.25, 0.3) is 0 Å². The van der Waals surface area contributed by atoms with Gasteiger partial charge in [-0.2, -0.15) is 0 Å². The third-order valence-electron chi connectivity index (χ3n) is 3.98. The van der Waals surface area contributed by atoms with Crippen LogP contribution in [-0.4, -0.2) is 76.2 Å². The molecule has 0 aromatic heterocycles. The summed E-state index contributed by atoms with van der Waals surface area (Å²) in [7, 11) is 12.7. The summed E-state index contributed by atoms with van der Waals surface area (Å²) in [5.41, 5.74) is 6.63. The summed E-state index contributed by atoms with van der Waals surface area (Å²) in [6.07, 6.45) is 4.95. The van der Waals surface area contributed by atoms with Crippen molar-refractivity contribution in [2.24, 2.45) is 11.1 Å². The van der Waals surface area contributed by atoms with E-state index in [4.69, 9.17) is 5.73 Å². The Hall–Kier alpha value is -0.160. The van der Waals surface area contributed by atoms with E-state index >= 15 is 0 Å². The van der Waals surface area contributed by atoms with Gasteiger partial charge in [-0.05, 0) is 86.5 Å². The molecule has 0 aliphatic carbocycles. The zero-order valence-electron chi connectivity index (χ0n) is 14.2. The summed E-state index contributed by atoms with van der Waals surface area (Å²) >= 11 is 0. The van der Waals surface area contributed by atoms with Crippen LogP contribution in [0.2, 0.25) is 0 Å². The van der Waals surface area contributed by atoms with Gasteiger partial charge in [0.2, 0.25) is 0 Å². The molecule has 0 radical (unpaired) electrons. The first kappa shape index (κ1) is 18.8. The summed E-state index contributed by atoms with van der Waals surface area (Å²) in [6, 6.07) is 0. The lowest BCUT2D eigenvalue weighted by atomic mass is 9.77. The molecule has 2 N–H and O–H groups in total. The van der Waals surface area contributed by atoms with Gasteiger partial charge >= 0.3 is 0 Å². The van der Waals surface area contributed by atoms with Crippen LogP contribution in [-0.2, 0) is 0 Å². The molecule has 0 amide bonds. The lowest BCUT2D eigenvalue weighted by molar-refractivity contribution is 0.0927. The van der Waals surface area contributed by atoms with Crippen LogP contribution in [0.3, 0.4) is 0 Å². The first-order chi connectivity index (χ1) is 8.69. The number of nitrogens with zero attached hydrogens (tertiary/aromatic N) is 3. The molecule has 0 saturated carbocycles. The third kappa shape index (κ3) is 7.88. The summed E-state index contributed by atoms with van der Waals surface area (Å²) in [4.78, 5) is 6.66. The lowest BCUT2D eigenvalue weighted by Crippen LogP contribution is -2.49. The Morgan fingerprint density at radius 3 is 1.47 bits per heavy atom. The number of hydrogen-bond donors (Lipinski definition) is 1. The van der Waals surface area contributed by atoms with Gasteiger partial charge in [-0.1, -0.05) is 6.92 Å². The van der Waals surface area contributed by atoms with Crippen molar-refractivity contribution in [1.82, 2.24) is 14.7 Å². The average molecular weight is 272 g/mol. The van der Waals surface area contributed by atoms with E-state index in [0.29, 0.717) is 0 Å². The highest BCUT2D eigenvalue weighted by Crippen LogP contribution is 2.33. The Morgan fingerprint density at radius 1 is 0.842 bits per heavy atom. The highest BCUT2D eigenvalue weighted by atomic mass is 15.2. The van der Waals surface area contributed by atoms with Crippen molar-refractivity contribution in [2.75, 3.05) is 55.4 Å². The quantitative estimate of drug-likeness (QED) is 0.612. The van der Waals surface area contributed by atoms with Crippen LogP contribution in [0.15, 0.2) is 0 Å². The normalized spacial score (nSPS) is 14.7. The molecular formula is C15H36N4. The number of nitrogens with two attached hydrogens (primary N) is 1. The van der Waals surface area contributed by atoms with Crippen molar-refractivity contribution < 1.29 is 0 Å². The molecule has 0 aliphatic heterocycles. The second kappa shape index (κ2) is 8.90. The maximum atomic E-state index is 6.43. The van der Waals surface area contributed by atoms with Crippen molar-refractivity contribution in [3.63, 3.8) is 0 Å². The molecule has 0 aromatic rings. The summed E-state index contributed by atoms with van der Waals surface area (Å²) in [5, 5.41) is 0.